The summed E-state index contributed by atoms with van der Waals surface area (Å²) in [6.45, 7) is 7.14. The van der Waals surface area contributed by atoms with Crippen LogP contribution in [0, 0.1) is 5.92 Å². The first-order valence-corrected chi connectivity index (χ1v) is 12.1. The standard InChI is InChI=1S/C24H28Cl2N4O3S/c1-15(2)12-21(31)30-10-8-29(9-11-30)18-6-4-17(5-7-18)27-24(34)28-23(32)19-13-16(25)14-20(26)22(19)33-3/h4-7,13-15H,8-12H2,1-3H3,(H2,27,28,32,34). The number of ether oxygens (including phenoxy) is 1. The van der Waals surface area contributed by atoms with Gasteiger partial charge in [-0.1, -0.05) is 37.0 Å². The topological polar surface area (TPSA) is 73.9 Å². The molecule has 7 nitrogen and oxygen atoms in total. The number of carbonyl (C=O) groups excluding carboxylic acids is 2. The first kappa shape index (κ1) is 26.1. The van der Waals surface area contributed by atoms with Gasteiger partial charge in [0.15, 0.2) is 5.11 Å². The highest BCUT2D eigenvalue weighted by Gasteiger charge is 2.22. The highest BCUT2D eigenvalue weighted by molar-refractivity contribution is 7.80. The molecule has 0 spiro atoms. The van der Waals surface area contributed by atoms with Crippen molar-refractivity contribution in [2.24, 2.45) is 5.92 Å². The van der Waals surface area contributed by atoms with Gasteiger partial charge in [-0.15, -0.1) is 0 Å². The van der Waals surface area contributed by atoms with Gasteiger partial charge < -0.3 is 19.9 Å². The van der Waals surface area contributed by atoms with E-state index < -0.39 is 5.91 Å². The number of amides is 2. The molecular weight excluding hydrogens is 495 g/mol. The lowest BCUT2D eigenvalue weighted by Crippen LogP contribution is -2.49. The molecule has 2 amide bonds. The number of nitrogens with zero attached hydrogens (tertiary/aromatic N) is 2. The van der Waals surface area contributed by atoms with E-state index in [-0.39, 0.29) is 27.4 Å². The number of piperazine rings is 1. The van der Waals surface area contributed by atoms with Gasteiger partial charge in [-0.25, -0.2) is 0 Å². The van der Waals surface area contributed by atoms with E-state index in [1.165, 1.54) is 19.2 Å². The number of halogens is 2. The fraction of sp³-hybridized carbons (Fsp3) is 0.375. The van der Waals surface area contributed by atoms with E-state index in [2.05, 4.69) is 29.4 Å². The van der Waals surface area contributed by atoms with Crippen molar-refractivity contribution in [3.63, 3.8) is 0 Å². The van der Waals surface area contributed by atoms with E-state index >= 15 is 0 Å². The average molecular weight is 523 g/mol. The Balaban J connectivity index is 1.55. The fourth-order valence-electron chi connectivity index (χ4n) is 3.72. The Bertz CT molecular complexity index is 1050. The molecule has 3 rings (SSSR count). The monoisotopic (exact) mass is 522 g/mol. The average Bonchev–Trinajstić information content (AvgIpc) is 2.78. The molecule has 0 radical (unpaired) electrons. The molecule has 2 N–H and O–H groups in total. The lowest BCUT2D eigenvalue weighted by molar-refractivity contribution is -0.132. The number of thiocarbonyl (C=S) groups is 1. The maximum Gasteiger partial charge on any atom is 0.261 e. The quantitative estimate of drug-likeness (QED) is 0.529. The smallest absolute Gasteiger partial charge is 0.261 e. The number of hydrogen-bond donors (Lipinski definition) is 2. The molecule has 1 aliphatic rings. The van der Waals surface area contributed by atoms with Gasteiger partial charge in [0.2, 0.25) is 5.91 Å². The third-order valence-corrected chi connectivity index (χ3v) is 6.09. The van der Waals surface area contributed by atoms with Crippen LogP contribution < -0.4 is 20.3 Å². The Morgan fingerprint density at radius 1 is 1.09 bits per heavy atom. The number of nitrogens with one attached hydrogen (secondary N) is 2. The van der Waals surface area contributed by atoms with Crippen molar-refractivity contribution in [1.82, 2.24) is 10.2 Å². The second-order valence-electron chi connectivity index (χ2n) is 8.39. The third kappa shape index (κ3) is 6.74. The number of hydrogen-bond acceptors (Lipinski definition) is 5. The van der Waals surface area contributed by atoms with E-state index in [0.717, 1.165) is 37.6 Å². The molecule has 1 heterocycles. The van der Waals surface area contributed by atoms with Gasteiger partial charge >= 0.3 is 0 Å². The Morgan fingerprint density at radius 3 is 2.32 bits per heavy atom. The summed E-state index contributed by atoms with van der Waals surface area (Å²) in [5, 5.41) is 6.30. The summed E-state index contributed by atoms with van der Waals surface area (Å²) in [6, 6.07) is 10.7. The molecule has 0 aliphatic carbocycles. The van der Waals surface area contributed by atoms with Crippen LogP contribution in [-0.2, 0) is 4.79 Å². The SMILES string of the molecule is COc1c(Cl)cc(Cl)cc1C(=O)NC(=S)Nc1ccc(N2CCN(C(=O)CC(C)C)CC2)cc1. The van der Waals surface area contributed by atoms with Crippen molar-refractivity contribution in [2.45, 2.75) is 20.3 Å². The lowest BCUT2D eigenvalue weighted by Gasteiger charge is -2.36. The summed E-state index contributed by atoms with van der Waals surface area (Å²) in [4.78, 5) is 29.1. The molecule has 0 aromatic heterocycles. The zero-order valence-corrected chi connectivity index (χ0v) is 21.7. The Labute approximate surface area is 215 Å². The molecule has 10 heteroatoms. The van der Waals surface area contributed by atoms with Gasteiger partial charge in [0.05, 0.1) is 17.7 Å². The van der Waals surface area contributed by atoms with Crippen LogP contribution in [0.3, 0.4) is 0 Å². The Morgan fingerprint density at radius 2 is 1.74 bits per heavy atom. The summed E-state index contributed by atoms with van der Waals surface area (Å²) >= 11 is 17.4. The van der Waals surface area contributed by atoms with Crippen molar-refractivity contribution in [3.05, 3.63) is 52.0 Å². The fourth-order valence-corrected chi connectivity index (χ4v) is 4.50. The Kier molecular flexibility index (Phi) is 8.99. The van der Waals surface area contributed by atoms with E-state index in [9.17, 15) is 9.59 Å². The van der Waals surface area contributed by atoms with Crippen molar-refractivity contribution >= 4 is 63.7 Å². The normalized spacial score (nSPS) is 13.6. The molecular formula is C24H28Cl2N4O3S. The van der Waals surface area contributed by atoms with Gasteiger partial charge in [0.25, 0.3) is 5.91 Å². The van der Waals surface area contributed by atoms with Gasteiger partial charge in [-0.2, -0.15) is 0 Å². The molecule has 0 atom stereocenters. The van der Waals surface area contributed by atoms with Crippen molar-refractivity contribution in [3.8, 4) is 5.75 Å². The number of rotatable bonds is 6. The van der Waals surface area contributed by atoms with E-state index in [0.29, 0.717) is 17.4 Å². The molecule has 2 aromatic rings. The second kappa shape index (κ2) is 11.7. The van der Waals surface area contributed by atoms with Gasteiger partial charge in [0, 0.05) is 49.0 Å². The number of carbonyl (C=O) groups is 2. The maximum absolute atomic E-state index is 12.7. The first-order chi connectivity index (χ1) is 16.2. The highest BCUT2D eigenvalue weighted by Crippen LogP contribution is 2.32. The third-order valence-electron chi connectivity index (χ3n) is 5.39. The molecule has 0 unspecified atom stereocenters. The minimum absolute atomic E-state index is 0.133. The van der Waals surface area contributed by atoms with E-state index in [4.69, 9.17) is 40.2 Å². The van der Waals surface area contributed by atoms with Crippen LogP contribution >= 0.6 is 35.4 Å². The maximum atomic E-state index is 12.7. The predicted octanol–water partition coefficient (Wildman–Crippen LogP) is 4.82. The molecule has 182 valence electrons. The summed E-state index contributed by atoms with van der Waals surface area (Å²) in [5.41, 5.74) is 1.98. The summed E-state index contributed by atoms with van der Waals surface area (Å²) in [5.74, 6) is 0.330. The summed E-state index contributed by atoms with van der Waals surface area (Å²) < 4.78 is 5.22. The molecule has 34 heavy (non-hydrogen) atoms. The summed E-state index contributed by atoms with van der Waals surface area (Å²) in [7, 11) is 1.42. The number of anilines is 2. The van der Waals surface area contributed by atoms with Gasteiger partial charge in [-0.3, -0.25) is 14.9 Å². The van der Waals surface area contributed by atoms with Crippen LogP contribution in [0.15, 0.2) is 36.4 Å². The highest BCUT2D eigenvalue weighted by atomic mass is 35.5. The molecule has 1 saturated heterocycles. The van der Waals surface area contributed by atoms with Crippen LogP contribution in [0.25, 0.3) is 0 Å². The van der Waals surface area contributed by atoms with Crippen LogP contribution in [0.5, 0.6) is 5.75 Å². The second-order valence-corrected chi connectivity index (χ2v) is 9.64. The van der Waals surface area contributed by atoms with Gasteiger partial charge in [-0.05, 0) is 54.5 Å². The lowest BCUT2D eigenvalue weighted by atomic mass is 10.1. The predicted molar refractivity (Wildman–Crippen MR) is 141 cm³/mol. The minimum atomic E-state index is -0.486. The van der Waals surface area contributed by atoms with Crippen LogP contribution in [0.1, 0.15) is 30.6 Å². The van der Waals surface area contributed by atoms with Crippen molar-refractivity contribution in [2.75, 3.05) is 43.5 Å². The zero-order chi connectivity index (χ0) is 24.8. The van der Waals surface area contributed by atoms with E-state index in [1.807, 2.05) is 29.2 Å². The molecule has 0 bridgehead atoms. The molecule has 2 aromatic carbocycles. The van der Waals surface area contributed by atoms with E-state index in [1.54, 1.807) is 0 Å². The largest absolute Gasteiger partial charge is 0.494 e. The molecule has 1 fully saturated rings. The van der Waals surface area contributed by atoms with Crippen molar-refractivity contribution < 1.29 is 14.3 Å². The van der Waals surface area contributed by atoms with Crippen LogP contribution in [0.2, 0.25) is 10.0 Å². The summed E-state index contributed by atoms with van der Waals surface area (Å²) in [6.07, 6.45) is 0.591. The zero-order valence-electron chi connectivity index (χ0n) is 19.4. The van der Waals surface area contributed by atoms with Crippen molar-refractivity contribution in [1.29, 1.82) is 0 Å². The first-order valence-electron chi connectivity index (χ1n) is 11.0. The molecule has 0 saturated carbocycles. The number of methoxy groups -OCH3 is 1. The van der Waals surface area contributed by atoms with Crippen LogP contribution in [-0.4, -0.2) is 55.1 Å². The number of benzene rings is 2. The van der Waals surface area contributed by atoms with Crippen LogP contribution in [0.4, 0.5) is 11.4 Å². The van der Waals surface area contributed by atoms with Gasteiger partial charge in [0.1, 0.15) is 5.75 Å². The Hall–Kier alpha value is -2.55. The minimum Gasteiger partial charge on any atom is -0.494 e. The molecule has 1 aliphatic heterocycles.